The lowest BCUT2D eigenvalue weighted by Gasteiger charge is -2.15. The van der Waals surface area contributed by atoms with Crippen molar-refractivity contribution in [2.45, 2.75) is 12.5 Å². The van der Waals surface area contributed by atoms with Crippen LogP contribution in [0.5, 0.6) is 0 Å². The second kappa shape index (κ2) is 8.01. The Bertz CT molecular complexity index is 915. The van der Waals surface area contributed by atoms with Crippen LogP contribution in [-0.2, 0) is 24.0 Å². The highest BCUT2D eigenvalue weighted by Crippen LogP contribution is 2.33. The predicted molar refractivity (Wildman–Crippen MR) is 106 cm³/mol. The molecule has 10 heteroatoms. The van der Waals surface area contributed by atoms with E-state index < -0.39 is 22.1 Å². The Balaban J connectivity index is 1.58. The summed E-state index contributed by atoms with van der Waals surface area (Å²) < 4.78 is 36.7. The van der Waals surface area contributed by atoms with Crippen LogP contribution in [0.4, 0.5) is 4.39 Å². The maximum absolute atomic E-state index is 13.8. The predicted octanol–water partition coefficient (Wildman–Crippen LogP) is 2.06. The molecule has 1 N–H and O–H groups in total. The first-order valence-corrected chi connectivity index (χ1v) is 10.9. The van der Waals surface area contributed by atoms with Gasteiger partial charge in [0.15, 0.2) is 0 Å². The zero-order valence-electron chi connectivity index (χ0n) is 13.9. The Kier molecular flexibility index (Phi) is 5.89. The average molecular weight is 427 g/mol. The zero-order valence-corrected chi connectivity index (χ0v) is 16.4. The topological polar surface area (TPSA) is 89.5 Å². The van der Waals surface area contributed by atoms with Crippen LogP contribution in [0.25, 0.3) is 6.08 Å². The SMILES string of the molecule is O=C(CCN1C(=O)/C(=C\c2ccccc2F)SC1=S)NC1C=C[S+](=O)([O-])C1. The molecule has 2 heterocycles. The third-order valence-electron chi connectivity index (χ3n) is 3.90. The summed E-state index contributed by atoms with van der Waals surface area (Å²) in [4.78, 5) is 26.1. The van der Waals surface area contributed by atoms with Gasteiger partial charge in [0.05, 0.1) is 21.2 Å². The first kappa shape index (κ1) is 19.9. The molecular weight excluding hydrogens is 411 g/mol. The molecule has 2 aliphatic rings. The van der Waals surface area contributed by atoms with Crippen LogP contribution in [0.3, 0.4) is 0 Å². The molecule has 0 aromatic heterocycles. The Morgan fingerprint density at radius 3 is 2.89 bits per heavy atom. The molecule has 0 spiro atoms. The minimum absolute atomic E-state index is 0.0240. The van der Waals surface area contributed by atoms with Crippen molar-refractivity contribution < 1.29 is 22.7 Å². The third kappa shape index (κ3) is 4.89. The van der Waals surface area contributed by atoms with Crippen LogP contribution in [0.2, 0.25) is 0 Å². The van der Waals surface area contributed by atoms with Crippen LogP contribution >= 0.6 is 24.0 Å². The molecule has 2 atom stereocenters. The number of thiocarbonyl (C=S) groups is 1. The summed E-state index contributed by atoms with van der Waals surface area (Å²) in [5.41, 5.74) is 0.282. The Hall–Kier alpha value is -1.88. The fourth-order valence-corrected chi connectivity index (χ4v) is 5.12. The van der Waals surface area contributed by atoms with Gasteiger partial charge in [-0.1, -0.05) is 42.2 Å². The summed E-state index contributed by atoms with van der Waals surface area (Å²) in [6.07, 6.45) is 2.83. The molecule has 142 valence electrons. The number of sulfone groups is 1. The van der Waals surface area contributed by atoms with E-state index in [9.17, 15) is 22.7 Å². The van der Waals surface area contributed by atoms with E-state index >= 15 is 0 Å². The minimum atomic E-state index is -3.25. The number of halogens is 1. The highest BCUT2D eigenvalue weighted by Gasteiger charge is 2.33. The Labute approximate surface area is 166 Å². The standard InChI is InChI=1S/C17H15FN2O4S3/c18-13-4-2-1-3-11(13)9-14-16(22)20(17(25)26-14)7-5-15(21)19-12-6-8-27(23,24)10-12/h1-4,6,8-9,12H,5,7,10H2,(H-,19,21,23,24)/b14-9+. The lowest BCUT2D eigenvalue weighted by atomic mass is 10.2. The number of carbonyl (C=O) groups is 2. The zero-order chi connectivity index (χ0) is 19.6. The lowest BCUT2D eigenvalue weighted by molar-refractivity contribution is -0.124. The number of carbonyl (C=O) groups excluding carboxylic acids is 2. The van der Waals surface area contributed by atoms with Crippen LogP contribution in [0, 0.1) is 5.82 Å². The number of rotatable bonds is 5. The van der Waals surface area contributed by atoms with Gasteiger partial charge < -0.3 is 9.87 Å². The Morgan fingerprint density at radius 2 is 2.22 bits per heavy atom. The molecule has 1 fully saturated rings. The lowest BCUT2D eigenvalue weighted by Crippen LogP contribution is -2.39. The van der Waals surface area contributed by atoms with Crippen LogP contribution in [0.15, 0.2) is 40.7 Å². The van der Waals surface area contributed by atoms with E-state index in [2.05, 4.69) is 5.32 Å². The van der Waals surface area contributed by atoms with E-state index in [1.54, 1.807) is 18.2 Å². The van der Waals surface area contributed by atoms with Gasteiger partial charge in [0.2, 0.25) is 5.91 Å². The van der Waals surface area contributed by atoms with Gasteiger partial charge in [0.25, 0.3) is 5.91 Å². The van der Waals surface area contributed by atoms with Crippen molar-refractivity contribution in [3.05, 3.63) is 52.0 Å². The summed E-state index contributed by atoms with van der Waals surface area (Å²) in [5, 5.41) is 3.67. The molecule has 0 saturated carbocycles. The van der Waals surface area contributed by atoms with Gasteiger partial charge >= 0.3 is 0 Å². The summed E-state index contributed by atoms with van der Waals surface area (Å²) in [7, 11) is -3.25. The van der Waals surface area contributed by atoms with Crippen molar-refractivity contribution in [3.63, 3.8) is 0 Å². The molecule has 1 saturated heterocycles. The number of thioether (sulfide) groups is 1. The maximum Gasteiger partial charge on any atom is 0.266 e. The van der Waals surface area contributed by atoms with Crippen molar-refractivity contribution in [3.8, 4) is 0 Å². The second-order valence-electron chi connectivity index (χ2n) is 5.94. The van der Waals surface area contributed by atoms with Gasteiger partial charge in [-0.05, 0) is 18.2 Å². The molecule has 1 aromatic rings. The van der Waals surface area contributed by atoms with Gasteiger partial charge in [-0.3, -0.25) is 14.5 Å². The maximum atomic E-state index is 13.8. The average Bonchev–Trinajstić information content (AvgIpc) is 3.07. The van der Waals surface area contributed by atoms with Crippen molar-refractivity contribution in [2.24, 2.45) is 0 Å². The van der Waals surface area contributed by atoms with E-state index in [0.29, 0.717) is 4.32 Å². The van der Waals surface area contributed by atoms with Gasteiger partial charge in [0.1, 0.15) is 21.3 Å². The largest absolute Gasteiger partial charge is 0.610 e. The minimum Gasteiger partial charge on any atom is -0.610 e. The number of hydrogen-bond acceptors (Lipinski definition) is 6. The molecule has 1 aromatic carbocycles. The Morgan fingerprint density at radius 1 is 1.48 bits per heavy atom. The fourth-order valence-electron chi connectivity index (χ4n) is 2.58. The van der Waals surface area contributed by atoms with Gasteiger partial charge in [-0.2, -0.15) is 0 Å². The van der Waals surface area contributed by atoms with Crippen molar-refractivity contribution in [1.29, 1.82) is 0 Å². The van der Waals surface area contributed by atoms with E-state index in [1.165, 1.54) is 23.1 Å². The van der Waals surface area contributed by atoms with Gasteiger partial charge in [0, 0.05) is 18.5 Å². The van der Waals surface area contributed by atoms with Crippen molar-refractivity contribution in [1.82, 2.24) is 10.2 Å². The molecule has 0 bridgehead atoms. The number of nitrogens with zero attached hydrogens (tertiary/aromatic N) is 1. The normalized spacial score (nSPS) is 26.2. The first-order chi connectivity index (χ1) is 12.7. The quantitative estimate of drug-likeness (QED) is 0.440. The number of nitrogens with one attached hydrogen (secondary N) is 1. The molecule has 0 aliphatic carbocycles. The van der Waals surface area contributed by atoms with Crippen LogP contribution in [-0.4, -0.2) is 43.9 Å². The summed E-state index contributed by atoms with van der Waals surface area (Å²) in [6.45, 7) is 0.0638. The molecule has 2 amide bonds. The fraction of sp³-hybridized carbons (Fsp3) is 0.235. The number of hydrogen-bond donors (Lipinski definition) is 1. The van der Waals surface area contributed by atoms with E-state index in [1.807, 2.05) is 0 Å². The molecule has 6 nitrogen and oxygen atoms in total. The van der Waals surface area contributed by atoms with Crippen molar-refractivity contribution >= 4 is 56.4 Å². The number of amides is 2. The van der Waals surface area contributed by atoms with E-state index in [4.69, 9.17) is 12.2 Å². The smallest absolute Gasteiger partial charge is 0.266 e. The molecular formula is C17H15FN2O4S3. The van der Waals surface area contributed by atoms with Gasteiger partial charge in [-0.15, -0.1) is 4.21 Å². The van der Waals surface area contributed by atoms with E-state index in [0.717, 1.165) is 17.2 Å². The molecule has 2 aliphatic heterocycles. The van der Waals surface area contributed by atoms with Gasteiger partial charge in [-0.25, -0.2) is 4.39 Å². The van der Waals surface area contributed by atoms with Crippen LogP contribution in [0.1, 0.15) is 12.0 Å². The van der Waals surface area contributed by atoms with E-state index in [-0.39, 0.29) is 41.0 Å². The highest BCUT2D eigenvalue weighted by molar-refractivity contribution is 8.26. The first-order valence-electron chi connectivity index (χ1n) is 7.95. The van der Waals surface area contributed by atoms with Crippen LogP contribution < -0.4 is 5.32 Å². The third-order valence-corrected chi connectivity index (χ3v) is 6.68. The monoisotopic (exact) mass is 426 g/mol. The number of benzene rings is 1. The molecule has 3 rings (SSSR count). The summed E-state index contributed by atoms with van der Waals surface area (Å²) >= 11 is 6.23. The summed E-state index contributed by atoms with van der Waals surface area (Å²) in [5.74, 6) is -1.37. The molecule has 27 heavy (non-hydrogen) atoms. The second-order valence-corrected chi connectivity index (χ2v) is 9.54. The summed E-state index contributed by atoms with van der Waals surface area (Å²) in [6, 6.07) is 5.51. The molecule has 2 unspecified atom stereocenters. The highest BCUT2D eigenvalue weighted by atomic mass is 32.3. The van der Waals surface area contributed by atoms with Crippen molar-refractivity contribution in [2.75, 3.05) is 12.3 Å². The molecule has 0 radical (unpaired) electrons.